The largest absolute Gasteiger partial charge is 0.476 e. The van der Waals surface area contributed by atoms with Gasteiger partial charge in [-0.1, -0.05) is 11.8 Å². The molecule has 1 aromatic carbocycles. The number of aliphatic imine (C=N–C) groups is 1. The van der Waals surface area contributed by atoms with Gasteiger partial charge in [0.2, 0.25) is 5.88 Å². The fraction of sp³-hybridized carbons (Fsp3) is 0.417. The van der Waals surface area contributed by atoms with Crippen molar-refractivity contribution in [1.29, 1.82) is 0 Å². The minimum absolute atomic E-state index is 0.0131. The van der Waals surface area contributed by atoms with Gasteiger partial charge in [0.1, 0.15) is 12.3 Å². The van der Waals surface area contributed by atoms with Gasteiger partial charge in [-0.15, -0.1) is 11.8 Å². The van der Waals surface area contributed by atoms with E-state index in [1.54, 1.807) is 21.0 Å². The van der Waals surface area contributed by atoms with Crippen molar-refractivity contribution in [3.05, 3.63) is 47.4 Å². The summed E-state index contributed by atoms with van der Waals surface area (Å²) in [5, 5.41) is 2.84. The zero-order chi connectivity index (χ0) is 25.2. The van der Waals surface area contributed by atoms with Gasteiger partial charge in [-0.2, -0.15) is 0 Å². The molecule has 1 aliphatic heterocycles. The maximum absolute atomic E-state index is 15.0. The molecule has 11 heteroatoms. The summed E-state index contributed by atoms with van der Waals surface area (Å²) in [7, 11) is 1.59. The summed E-state index contributed by atoms with van der Waals surface area (Å²) in [5.74, 6) is 3.01. The van der Waals surface area contributed by atoms with E-state index in [4.69, 9.17) is 15.2 Å². The first-order valence-corrected chi connectivity index (χ1v) is 11.7. The van der Waals surface area contributed by atoms with E-state index in [0.717, 1.165) is 6.07 Å². The lowest BCUT2D eigenvalue weighted by Gasteiger charge is -2.34. The number of fused-ring (bicyclic) bond motifs is 1. The van der Waals surface area contributed by atoms with Gasteiger partial charge in [0.05, 0.1) is 29.3 Å². The monoisotopic (exact) mass is 501 g/mol. The number of carbonyl (C=O) groups is 1. The molecule has 1 aromatic heterocycles. The third-order valence-corrected chi connectivity index (χ3v) is 7.36. The number of amidine groups is 1. The number of anilines is 1. The van der Waals surface area contributed by atoms with Gasteiger partial charge >= 0.3 is 0 Å². The molecule has 4 rings (SSSR count). The minimum atomic E-state index is -1.11. The SMILES string of the molecule is CC#CCCOc1cnc(C(=O)Nc2cc(F)c(F)c([C@]3(C)N=C(N)S[C@@]4(COC)C[C@H]43)c2)cn1. The first-order chi connectivity index (χ1) is 16.7. The van der Waals surface area contributed by atoms with Crippen molar-refractivity contribution in [1.82, 2.24) is 9.97 Å². The molecule has 0 bridgehead atoms. The van der Waals surface area contributed by atoms with Gasteiger partial charge in [-0.3, -0.25) is 9.79 Å². The molecule has 184 valence electrons. The van der Waals surface area contributed by atoms with Crippen LogP contribution >= 0.6 is 11.8 Å². The molecule has 1 amide bonds. The van der Waals surface area contributed by atoms with Gasteiger partial charge in [0.15, 0.2) is 16.8 Å². The zero-order valence-corrected chi connectivity index (χ0v) is 20.3. The Bertz CT molecular complexity index is 1230. The summed E-state index contributed by atoms with van der Waals surface area (Å²) in [6.07, 6.45) is 3.79. The van der Waals surface area contributed by atoms with Crippen LogP contribution in [0.2, 0.25) is 0 Å². The molecule has 1 saturated carbocycles. The van der Waals surface area contributed by atoms with Crippen LogP contribution in [0.5, 0.6) is 5.88 Å². The van der Waals surface area contributed by atoms with Gasteiger partial charge in [-0.25, -0.2) is 18.7 Å². The number of methoxy groups -OCH3 is 1. The Morgan fingerprint density at radius 1 is 1.34 bits per heavy atom. The Morgan fingerprint density at radius 3 is 2.83 bits per heavy atom. The van der Waals surface area contributed by atoms with Crippen molar-refractivity contribution in [3.8, 4) is 17.7 Å². The lowest BCUT2D eigenvalue weighted by atomic mass is 9.85. The highest BCUT2D eigenvalue weighted by atomic mass is 32.2. The third-order valence-electron chi connectivity index (χ3n) is 6.09. The van der Waals surface area contributed by atoms with E-state index in [1.807, 2.05) is 0 Å². The molecule has 3 atom stereocenters. The number of ether oxygens (including phenoxy) is 2. The molecule has 2 aliphatic rings. The number of hydrogen-bond donors (Lipinski definition) is 2. The zero-order valence-electron chi connectivity index (χ0n) is 19.5. The number of halogens is 2. The Kier molecular flexibility index (Phi) is 6.96. The number of nitrogens with two attached hydrogens (primary N) is 1. The number of hydrogen-bond acceptors (Lipinski definition) is 8. The number of rotatable bonds is 8. The fourth-order valence-electron chi connectivity index (χ4n) is 4.39. The Labute approximate surface area is 206 Å². The molecule has 8 nitrogen and oxygen atoms in total. The number of thioether (sulfide) groups is 1. The third kappa shape index (κ3) is 4.94. The van der Waals surface area contributed by atoms with Crippen LogP contribution in [0, 0.1) is 29.4 Å². The van der Waals surface area contributed by atoms with Crippen molar-refractivity contribution in [2.24, 2.45) is 16.6 Å². The predicted octanol–water partition coefficient (Wildman–Crippen LogP) is 3.48. The van der Waals surface area contributed by atoms with E-state index in [-0.39, 0.29) is 38.7 Å². The Hall–Kier alpha value is -3.23. The molecule has 3 N–H and O–H groups in total. The Morgan fingerprint density at radius 2 is 2.14 bits per heavy atom. The second-order valence-electron chi connectivity index (χ2n) is 8.49. The molecule has 0 radical (unpaired) electrons. The first kappa shape index (κ1) is 24.9. The Balaban J connectivity index is 1.54. The van der Waals surface area contributed by atoms with E-state index in [9.17, 15) is 9.18 Å². The van der Waals surface area contributed by atoms with Crippen molar-refractivity contribution in [3.63, 3.8) is 0 Å². The van der Waals surface area contributed by atoms with Crippen LogP contribution in [0.4, 0.5) is 14.5 Å². The highest BCUT2D eigenvalue weighted by Crippen LogP contribution is 2.66. The quantitative estimate of drug-likeness (QED) is 0.421. The molecular formula is C24H25F2N5O3S. The van der Waals surface area contributed by atoms with Crippen LogP contribution < -0.4 is 15.8 Å². The summed E-state index contributed by atoms with van der Waals surface area (Å²) >= 11 is 1.40. The van der Waals surface area contributed by atoms with Crippen molar-refractivity contribution >= 4 is 28.5 Å². The number of aromatic nitrogens is 2. The molecule has 0 spiro atoms. The fourth-order valence-corrected chi connectivity index (χ4v) is 5.84. The van der Waals surface area contributed by atoms with E-state index < -0.39 is 23.1 Å². The van der Waals surface area contributed by atoms with Crippen molar-refractivity contribution in [2.45, 2.75) is 37.0 Å². The van der Waals surface area contributed by atoms with Gasteiger partial charge in [-0.05, 0) is 26.3 Å². The summed E-state index contributed by atoms with van der Waals surface area (Å²) in [4.78, 5) is 25.3. The van der Waals surface area contributed by atoms with Crippen LogP contribution in [-0.4, -0.2) is 46.1 Å². The number of amides is 1. The smallest absolute Gasteiger partial charge is 0.275 e. The second-order valence-corrected chi connectivity index (χ2v) is 9.93. The molecule has 1 fully saturated rings. The minimum Gasteiger partial charge on any atom is -0.476 e. The van der Waals surface area contributed by atoms with Crippen LogP contribution in [-0.2, 0) is 10.3 Å². The molecule has 2 heterocycles. The predicted molar refractivity (Wildman–Crippen MR) is 129 cm³/mol. The first-order valence-electron chi connectivity index (χ1n) is 10.9. The number of nitrogens with one attached hydrogen (secondary N) is 1. The van der Waals surface area contributed by atoms with Crippen LogP contribution in [0.1, 0.15) is 42.7 Å². The van der Waals surface area contributed by atoms with Crippen LogP contribution in [0.25, 0.3) is 0 Å². The van der Waals surface area contributed by atoms with Crippen molar-refractivity contribution < 1.29 is 23.0 Å². The molecule has 0 saturated heterocycles. The number of carbonyl (C=O) groups excluding carboxylic acids is 1. The average molecular weight is 502 g/mol. The summed E-state index contributed by atoms with van der Waals surface area (Å²) in [5.41, 5.74) is 5.02. The summed E-state index contributed by atoms with van der Waals surface area (Å²) < 4.78 is 40.1. The summed E-state index contributed by atoms with van der Waals surface area (Å²) in [6.45, 7) is 4.22. The van der Waals surface area contributed by atoms with Gasteiger partial charge < -0.3 is 20.5 Å². The van der Waals surface area contributed by atoms with Crippen LogP contribution in [0.3, 0.4) is 0 Å². The lowest BCUT2D eigenvalue weighted by molar-refractivity contribution is 0.102. The van der Waals surface area contributed by atoms with Gasteiger partial charge in [0.25, 0.3) is 5.91 Å². The highest BCUT2D eigenvalue weighted by Gasteiger charge is 2.66. The van der Waals surface area contributed by atoms with E-state index >= 15 is 4.39 Å². The molecular weight excluding hydrogens is 476 g/mol. The van der Waals surface area contributed by atoms with Crippen molar-refractivity contribution in [2.75, 3.05) is 25.6 Å². The van der Waals surface area contributed by atoms with E-state index in [1.165, 1.54) is 30.2 Å². The van der Waals surface area contributed by atoms with Gasteiger partial charge in [0, 0.05) is 36.8 Å². The highest BCUT2D eigenvalue weighted by molar-refractivity contribution is 8.15. The normalized spacial score (nSPS) is 24.5. The average Bonchev–Trinajstić information content (AvgIpc) is 3.54. The molecule has 2 aromatic rings. The maximum atomic E-state index is 15.0. The molecule has 35 heavy (non-hydrogen) atoms. The summed E-state index contributed by atoms with van der Waals surface area (Å²) in [6, 6.07) is 2.30. The van der Waals surface area contributed by atoms with Crippen LogP contribution in [0.15, 0.2) is 29.5 Å². The van der Waals surface area contributed by atoms with E-state index in [0.29, 0.717) is 26.1 Å². The molecule has 1 aliphatic carbocycles. The van der Waals surface area contributed by atoms with E-state index in [2.05, 4.69) is 32.1 Å². The second kappa shape index (κ2) is 9.79. The number of nitrogens with zero attached hydrogens (tertiary/aromatic N) is 3. The lowest BCUT2D eigenvalue weighted by Crippen LogP contribution is -2.38. The standard InChI is InChI=1S/C24H25F2N5O3S/c1-4-5-6-7-34-19-12-28-17(11-29-19)21(32)30-14-8-15(20(26)16(25)9-14)23(2)18-10-24(18,13-33-3)35-22(27)31-23/h8-9,11-12,18H,6-7,10,13H2,1-3H3,(H2,27,31)(H,30,32)/t18-,23-,24+/m0/s1. The molecule has 0 unspecified atom stereocenters. The number of benzene rings is 1. The maximum Gasteiger partial charge on any atom is 0.275 e. The topological polar surface area (TPSA) is 112 Å².